The van der Waals surface area contributed by atoms with Crippen molar-refractivity contribution in [3.8, 4) is 0 Å². The molecule has 0 radical (unpaired) electrons. The second-order valence-corrected chi connectivity index (χ2v) is 4.72. The molecule has 0 spiro atoms. The van der Waals surface area contributed by atoms with Gasteiger partial charge < -0.3 is 16.0 Å². The maximum absolute atomic E-state index is 12.2. The molecular formula is C12H23N3O2. The first-order valence-electron chi connectivity index (χ1n) is 6.30. The van der Waals surface area contributed by atoms with Gasteiger partial charge in [-0.25, -0.2) is 0 Å². The van der Waals surface area contributed by atoms with Crippen molar-refractivity contribution in [1.82, 2.24) is 10.2 Å². The Bertz CT molecular complexity index is 293. The largest absolute Gasteiger partial charge is 0.357 e. The summed E-state index contributed by atoms with van der Waals surface area (Å²) in [5.74, 6) is -0.0360. The van der Waals surface area contributed by atoms with E-state index in [9.17, 15) is 9.59 Å². The number of nitrogens with one attached hydrogen (secondary N) is 1. The molecule has 1 rings (SSSR count). The van der Waals surface area contributed by atoms with Gasteiger partial charge in [0.15, 0.2) is 0 Å². The second-order valence-electron chi connectivity index (χ2n) is 4.72. The van der Waals surface area contributed by atoms with E-state index in [1.54, 1.807) is 11.9 Å². The predicted molar refractivity (Wildman–Crippen MR) is 66.2 cm³/mol. The average molecular weight is 241 g/mol. The topological polar surface area (TPSA) is 75.4 Å². The van der Waals surface area contributed by atoms with Crippen molar-refractivity contribution in [3.63, 3.8) is 0 Å². The number of hydrogen-bond acceptors (Lipinski definition) is 3. The summed E-state index contributed by atoms with van der Waals surface area (Å²) in [5, 5.41) is 2.60. The summed E-state index contributed by atoms with van der Waals surface area (Å²) in [6.07, 6.45) is 2.47. The van der Waals surface area contributed by atoms with E-state index in [4.69, 9.17) is 5.73 Å². The zero-order chi connectivity index (χ0) is 13.0. The summed E-state index contributed by atoms with van der Waals surface area (Å²) >= 11 is 0. The highest BCUT2D eigenvalue weighted by Crippen LogP contribution is 2.20. The van der Waals surface area contributed by atoms with Gasteiger partial charge in [0.2, 0.25) is 11.8 Å². The summed E-state index contributed by atoms with van der Waals surface area (Å²) in [5.41, 5.74) is 5.93. The minimum Gasteiger partial charge on any atom is -0.357 e. The maximum Gasteiger partial charge on any atom is 0.242 e. The lowest BCUT2D eigenvalue weighted by molar-refractivity contribution is -0.140. The molecule has 0 aliphatic carbocycles. The number of rotatable bonds is 4. The molecule has 1 saturated heterocycles. The van der Waals surface area contributed by atoms with Gasteiger partial charge in [-0.2, -0.15) is 0 Å². The normalized spacial score (nSPS) is 23.3. The Labute approximate surface area is 103 Å². The monoisotopic (exact) mass is 241 g/mol. The maximum atomic E-state index is 12.2. The first-order chi connectivity index (χ1) is 8.02. The van der Waals surface area contributed by atoms with Gasteiger partial charge in [-0.1, -0.05) is 20.3 Å². The molecule has 5 heteroatoms. The average Bonchev–Trinajstić information content (AvgIpc) is 2.83. The third-order valence-electron chi connectivity index (χ3n) is 3.63. The molecule has 17 heavy (non-hydrogen) atoms. The first kappa shape index (κ1) is 14.0. The molecule has 1 aliphatic heterocycles. The van der Waals surface area contributed by atoms with E-state index >= 15 is 0 Å². The highest BCUT2D eigenvalue weighted by molar-refractivity contribution is 5.90. The van der Waals surface area contributed by atoms with E-state index in [1.807, 2.05) is 13.8 Å². The van der Waals surface area contributed by atoms with Gasteiger partial charge >= 0.3 is 0 Å². The number of nitrogens with two attached hydrogens (primary N) is 1. The van der Waals surface area contributed by atoms with E-state index in [0.717, 1.165) is 19.3 Å². The number of carbonyl (C=O) groups is 2. The van der Waals surface area contributed by atoms with Crippen molar-refractivity contribution < 1.29 is 9.59 Å². The van der Waals surface area contributed by atoms with Crippen LogP contribution in [0.2, 0.25) is 0 Å². The number of likely N-dealkylation sites (N-methyl/N-ethyl adjacent to an activating group) is 1. The molecule has 1 fully saturated rings. The highest BCUT2D eigenvalue weighted by Gasteiger charge is 2.36. The summed E-state index contributed by atoms with van der Waals surface area (Å²) in [6, 6.07) is -0.826. The van der Waals surface area contributed by atoms with Gasteiger partial charge in [-0.15, -0.1) is 0 Å². The molecule has 3 atom stereocenters. The number of likely N-dealkylation sites (tertiary alicyclic amines) is 1. The molecule has 1 heterocycles. The van der Waals surface area contributed by atoms with E-state index in [1.165, 1.54) is 0 Å². The smallest absolute Gasteiger partial charge is 0.242 e. The molecule has 1 unspecified atom stereocenters. The van der Waals surface area contributed by atoms with Crippen LogP contribution in [-0.2, 0) is 9.59 Å². The molecule has 0 bridgehead atoms. The molecule has 2 amide bonds. The molecule has 0 aromatic rings. The molecular weight excluding hydrogens is 218 g/mol. The fraction of sp³-hybridized carbons (Fsp3) is 0.833. The summed E-state index contributed by atoms with van der Waals surface area (Å²) in [4.78, 5) is 25.5. The number of amides is 2. The second kappa shape index (κ2) is 6.00. The van der Waals surface area contributed by atoms with E-state index in [-0.39, 0.29) is 23.8 Å². The lowest BCUT2D eigenvalue weighted by Gasteiger charge is -2.28. The fourth-order valence-electron chi connectivity index (χ4n) is 2.16. The zero-order valence-electron chi connectivity index (χ0n) is 10.9. The Morgan fingerprint density at radius 2 is 2.18 bits per heavy atom. The summed E-state index contributed by atoms with van der Waals surface area (Å²) < 4.78 is 0. The van der Waals surface area contributed by atoms with Crippen LogP contribution in [-0.4, -0.2) is 42.4 Å². The summed E-state index contributed by atoms with van der Waals surface area (Å²) in [7, 11) is 1.60. The van der Waals surface area contributed by atoms with Crippen LogP contribution in [0.4, 0.5) is 0 Å². The standard InChI is InChI=1S/C12H23N3O2/c1-4-8(2)10(13)12(17)15-7-5-6-9(15)11(16)14-3/h8-10H,4-7,13H2,1-3H3,(H,14,16)/t8-,9?,10-/m0/s1. The number of hydrogen-bond donors (Lipinski definition) is 2. The van der Waals surface area contributed by atoms with Crippen molar-refractivity contribution in [3.05, 3.63) is 0 Å². The van der Waals surface area contributed by atoms with Crippen LogP contribution in [0.3, 0.4) is 0 Å². The molecule has 0 saturated carbocycles. The minimum atomic E-state index is -0.495. The fourth-order valence-corrected chi connectivity index (χ4v) is 2.16. The van der Waals surface area contributed by atoms with Crippen LogP contribution in [0, 0.1) is 5.92 Å². The Hall–Kier alpha value is -1.10. The molecule has 0 aromatic heterocycles. The van der Waals surface area contributed by atoms with Gasteiger partial charge in [0, 0.05) is 13.6 Å². The van der Waals surface area contributed by atoms with Gasteiger partial charge in [0.1, 0.15) is 6.04 Å². The Balaban J connectivity index is 2.71. The van der Waals surface area contributed by atoms with E-state index < -0.39 is 6.04 Å². The van der Waals surface area contributed by atoms with Crippen molar-refractivity contribution in [2.24, 2.45) is 11.7 Å². The van der Waals surface area contributed by atoms with Crippen LogP contribution >= 0.6 is 0 Å². The van der Waals surface area contributed by atoms with E-state index in [2.05, 4.69) is 5.32 Å². The lowest BCUT2D eigenvalue weighted by Crippen LogP contribution is -2.52. The quantitative estimate of drug-likeness (QED) is 0.733. The van der Waals surface area contributed by atoms with Gasteiger partial charge in [0.05, 0.1) is 6.04 Å². The van der Waals surface area contributed by atoms with Crippen molar-refractivity contribution in [2.75, 3.05) is 13.6 Å². The van der Waals surface area contributed by atoms with Crippen LogP contribution in [0.1, 0.15) is 33.1 Å². The molecule has 5 nitrogen and oxygen atoms in total. The van der Waals surface area contributed by atoms with E-state index in [0.29, 0.717) is 6.54 Å². The van der Waals surface area contributed by atoms with Crippen LogP contribution in [0.25, 0.3) is 0 Å². The minimum absolute atomic E-state index is 0.0906. The van der Waals surface area contributed by atoms with Gasteiger partial charge in [-0.3, -0.25) is 9.59 Å². The first-order valence-corrected chi connectivity index (χ1v) is 6.30. The van der Waals surface area contributed by atoms with Gasteiger partial charge in [-0.05, 0) is 18.8 Å². The highest BCUT2D eigenvalue weighted by atomic mass is 16.2. The van der Waals surface area contributed by atoms with Crippen LogP contribution < -0.4 is 11.1 Å². The Morgan fingerprint density at radius 3 is 2.71 bits per heavy atom. The van der Waals surface area contributed by atoms with Crippen molar-refractivity contribution in [2.45, 2.75) is 45.2 Å². The Kier molecular flexibility index (Phi) is 4.93. The summed E-state index contributed by atoms with van der Waals surface area (Å²) in [6.45, 7) is 4.62. The lowest BCUT2D eigenvalue weighted by atomic mass is 9.98. The van der Waals surface area contributed by atoms with Crippen LogP contribution in [0.5, 0.6) is 0 Å². The van der Waals surface area contributed by atoms with Crippen molar-refractivity contribution >= 4 is 11.8 Å². The van der Waals surface area contributed by atoms with Crippen molar-refractivity contribution in [1.29, 1.82) is 0 Å². The molecule has 3 N–H and O–H groups in total. The SMILES string of the molecule is CC[C@H](C)[C@H](N)C(=O)N1CCCC1C(=O)NC. The molecule has 0 aromatic carbocycles. The zero-order valence-corrected chi connectivity index (χ0v) is 10.9. The molecule has 1 aliphatic rings. The van der Waals surface area contributed by atoms with Crippen LogP contribution in [0.15, 0.2) is 0 Å². The van der Waals surface area contributed by atoms with Gasteiger partial charge in [0.25, 0.3) is 0 Å². The number of nitrogens with zero attached hydrogens (tertiary/aromatic N) is 1. The third-order valence-corrected chi connectivity index (χ3v) is 3.63. The predicted octanol–water partition coefficient (Wildman–Crippen LogP) is 0.0968. The molecule has 98 valence electrons. The Morgan fingerprint density at radius 1 is 1.53 bits per heavy atom. The third kappa shape index (κ3) is 2.97. The number of carbonyl (C=O) groups excluding carboxylic acids is 2.